The summed E-state index contributed by atoms with van der Waals surface area (Å²) in [5.74, 6) is -1.05. The van der Waals surface area contributed by atoms with Crippen LogP contribution in [0.25, 0.3) is 0 Å². The molecule has 94 valence electrons. The van der Waals surface area contributed by atoms with E-state index in [0.717, 1.165) is 5.56 Å². The Morgan fingerprint density at radius 3 is 2.39 bits per heavy atom. The first kappa shape index (κ1) is 13.0. The molecule has 5 heteroatoms. The minimum Gasteiger partial charge on any atom is -0.505 e. The predicted octanol–water partition coefficient (Wildman–Crippen LogP) is 4.45. The third kappa shape index (κ3) is 2.86. The Labute approximate surface area is 114 Å². The molecule has 0 radical (unpaired) electrons. The van der Waals surface area contributed by atoms with Gasteiger partial charge in [-0.25, -0.2) is 4.39 Å². The number of phenols is 1. The van der Waals surface area contributed by atoms with E-state index in [1.165, 1.54) is 12.1 Å². The van der Waals surface area contributed by atoms with Crippen LogP contribution in [0, 0.1) is 5.82 Å². The molecule has 18 heavy (non-hydrogen) atoms. The van der Waals surface area contributed by atoms with Crippen molar-refractivity contribution < 1.29 is 9.50 Å². The van der Waals surface area contributed by atoms with Crippen LogP contribution in [-0.2, 0) is 6.54 Å². The highest BCUT2D eigenvalue weighted by Crippen LogP contribution is 2.26. The maximum atomic E-state index is 13.1. The first-order valence-corrected chi connectivity index (χ1v) is 5.99. The molecule has 0 saturated heterocycles. The van der Waals surface area contributed by atoms with Gasteiger partial charge < -0.3 is 10.4 Å². The summed E-state index contributed by atoms with van der Waals surface area (Å²) in [5, 5.41) is 13.2. The minimum absolute atomic E-state index is 0.378. The van der Waals surface area contributed by atoms with Crippen molar-refractivity contribution in [3.05, 3.63) is 57.8 Å². The summed E-state index contributed by atoms with van der Waals surface area (Å²) in [4.78, 5) is 0. The third-order valence-electron chi connectivity index (χ3n) is 2.48. The molecular weight excluding hydrogens is 276 g/mol. The maximum Gasteiger partial charge on any atom is 0.166 e. The fourth-order valence-corrected chi connectivity index (χ4v) is 2.04. The van der Waals surface area contributed by atoms with Crippen molar-refractivity contribution in [2.24, 2.45) is 0 Å². The average molecular weight is 286 g/mol. The minimum atomic E-state index is -0.676. The van der Waals surface area contributed by atoms with Gasteiger partial charge in [0, 0.05) is 33.9 Å². The quantitative estimate of drug-likeness (QED) is 0.817. The number of halogens is 3. The third-order valence-corrected chi connectivity index (χ3v) is 3.19. The normalized spacial score (nSPS) is 10.4. The van der Waals surface area contributed by atoms with Crippen LogP contribution in [0.15, 0.2) is 36.4 Å². The lowest BCUT2D eigenvalue weighted by Crippen LogP contribution is -2.01. The van der Waals surface area contributed by atoms with Crippen molar-refractivity contribution in [2.45, 2.75) is 6.54 Å². The number of hydrogen-bond donors (Lipinski definition) is 2. The fourth-order valence-electron chi connectivity index (χ4n) is 1.51. The van der Waals surface area contributed by atoms with E-state index in [1.54, 1.807) is 24.3 Å². The molecular formula is C13H10Cl2FNO. The number of phenolic OH excluding ortho intramolecular Hbond substituents is 1. The van der Waals surface area contributed by atoms with E-state index in [9.17, 15) is 4.39 Å². The van der Waals surface area contributed by atoms with Gasteiger partial charge >= 0.3 is 0 Å². The number of aromatic hydroxyl groups is 1. The van der Waals surface area contributed by atoms with Gasteiger partial charge in [0.05, 0.1) is 0 Å². The zero-order valence-corrected chi connectivity index (χ0v) is 10.8. The SMILES string of the molecule is Oc1ccc(NCc2c(Cl)cccc2Cl)cc1F. The van der Waals surface area contributed by atoms with Gasteiger partial charge in [-0.15, -0.1) is 0 Å². The summed E-state index contributed by atoms with van der Waals surface area (Å²) in [6.07, 6.45) is 0. The Kier molecular flexibility index (Phi) is 3.94. The summed E-state index contributed by atoms with van der Waals surface area (Å²) >= 11 is 12.0. The largest absolute Gasteiger partial charge is 0.505 e. The van der Waals surface area contributed by atoms with E-state index >= 15 is 0 Å². The van der Waals surface area contributed by atoms with Gasteiger partial charge in [-0.1, -0.05) is 29.3 Å². The van der Waals surface area contributed by atoms with Crippen molar-refractivity contribution in [2.75, 3.05) is 5.32 Å². The Morgan fingerprint density at radius 2 is 1.78 bits per heavy atom. The highest BCUT2D eigenvalue weighted by molar-refractivity contribution is 6.36. The molecule has 2 aromatic rings. The van der Waals surface area contributed by atoms with E-state index in [4.69, 9.17) is 28.3 Å². The number of hydrogen-bond acceptors (Lipinski definition) is 2. The van der Waals surface area contributed by atoms with Crippen molar-refractivity contribution in [3.63, 3.8) is 0 Å². The average Bonchev–Trinajstić information content (AvgIpc) is 2.33. The summed E-state index contributed by atoms with van der Waals surface area (Å²) in [6, 6.07) is 9.30. The fraction of sp³-hybridized carbons (Fsp3) is 0.0769. The van der Waals surface area contributed by atoms with Crippen molar-refractivity contribution >= 4 is 28.9 Å². The molecule has 0 aliphatic carbocycles. The highest BCUT2D eigenvalue weighted by atomic mass is 35.5. The Bertz CT molecular complexity index is 555. The van der Waals surface area contributed by atoms with E-state index in [-0.39, 0.29) is 5.75 Å². The second-order valence-electron chi connectivity index (χ2n) is 3.72. The number of rotatable bonds is 3. The summed E-state index contributed by atoms with van der Waals surface area (Å²) in [6.45, 7) is 0.378. The number of benzene rings is 2. The van der Waals surface area contributed by atoms with Gasteiger partial charge in [-0.05, 0) is 24.3 Å². The van der Waals surface area contributed by atoms with Gasteiger partial charge in [0.25, 0.3) is 0 Å². The first-order valence-electron chi connectivity index (χ1n) is 5.23. The number of anilines is 1. The van der Waals surface area contributed by atoms with Gasteiger partial charge in [-0.2, -0.15) is 0 Å². The molecule has 0 aromatic heterocycles. The van der Waals surface area contributed by atoms with Crippen molar-refractivity contribution in [1.82, 2.24) is 0 Å². The molecule has 0 aliphatic heterocycles. The summed E-state index contributed by atoms with van der Waals surface area (Å²) in [7, 11) is 0. The van der Waals surface area contributed by atoms with E-state index in [2.05, 4.69) is 5.32 Å². The molecule has 2 N–H and O–H groups in total. The van der Waals surface area contributed by atoms with Gasteiger partial charge in [-0.3, -0.25) is 0 Å². The van der Waals surface area contributed by atoms with Crippen LogP contribution in [0.2, 0.25) is 10.0 Å². The smallest absolute Gasteiger partial charge is 0.166 e. The van der Waals surface area contributed by atoms with Gasteiger partial charge in [0.2, 0.25) is 0 Å². The van der Waals surface area contributed by atoms with Gasteiger partial charge in [0.15, 0.2) is 11.6 Å². The zero-order chi connectivity index (χ0) is 13.1. The van der Waals surface area contributed by atoms with Crippen LogP contribution in [0.3, 0.4) is 0 Å². The lowest BCUT2D eigenvalue weighted by atomic mass is 10.2. The monoisotopic (exact) mass is 285 g/mol. The summed E-state index contributed by atoms with van der Waals surface area (Å²) < 4.78 is 13.1. The van der Waals surface area contributed by atoms with Crippen molar-refractivity contribution in [1.29, 1.82) is 0 Å². The Morgan fingerprint density at radius 1 is 1.11 bits per heavy atom. The topological polar surface area (TPSA) is 32.3 Å². The molecule has 0 aliphatic rings. The Balaban J connectivity index is 2.14. The lowest BCUT2D eigenvalue weighted by Gasteiger charge is -2.10. The molecule has 0 heterocycles. The molecule has 0 fully saturated rings. The maximum absolute atomic E-state index is 13.1. The molecule has 0 saturated carbocycles. The zero-order valence-electron chi connectivity index (χ0n) is 9.25. The van der Waals surface area contributed by atoms with Crippen LogP contribution in [0.1, 0.15) is 5.56 Å². The molecule has 0 unspecified atom stereocenters. The van der Waals surface area contributed by atoms with Crippen LogP contribution >= 0.6 is 23.2 Å². The Hall–Kier alpha value is -1.45. The van der Waals surface area contributed by atoms with Crippen LogP contribution < -0.4 is 5.32 Å². The second-order valence-corrected chi connectivity index (χ2v) is 4.53. The van der Waals surface area contributed by atoms with Crippen LogP contribution in [0.4, 0.5) is 10.1 Å². The molecule has 2 aromatic carbocycles. The second kappa shape index (κ2) is 5.46. The molecule has 0 bridgehead atoms. The predicted molar refractivity (Wildman–Crippen MR) is 71.9 cm³/mol. The standard InChI is InChI=1S/C13H10Cl2FNO/c14-10-2-1-3-11(15)9(10)7-17-8-4-5-13(18)12(16)6-8/h1-6,17-18H,7H2. The van der Waals surface area contributed by atoms with E-state index in [1.807, 2.05) is 0 Å². The highest BCUT2D eigenvalue weighted by Gasteiger charge is 2.06. The molecule has 2 rings (SSSR count). The summed E-state index contributed by atoms with van der Waals surface area (Å²) in [5.41, 5.74) is 1.29. The van der Waals surface area contributed by atoms with E-state index < -0.39 is 5.82 Å². The number of nitrogens with one attached hydrogen (secondary N) is 1. The van der Waals surface area contributed by atoms with Crippen LogP contribution in [0.5, 0.6) is 5.75 Å². The van der Waals surface area contributed by atoms with Gasteiger partial charge in [0.1, 0.15) is 0 Å². The molecule has 0 atom stereocenters. The lowest BCUT2D eigenvalue weighted by molar-refractivity contribution is 0.432. The molecule has 0 spiro atoms. The van der Waals surface area contributed by atoms with Crippen molar-refractivity contribution in [3.8, 4) is 5.75 Å². The first-order chi connectivity index (χ1) is 8.58. The van der Waals surface area contributed by atoms with E-state index in [0.29, 0.717) is 22.3 Å². The molecule has 0 amide bonds. The van der Waals surface area contributed by atoms with Crippen LogP contribution in [-0.4, -0.2) is 5.11 Å². The molecule has 2 nitrogen and oxygen atoms in total.